The van der Waals surface area contributed by atoms with Crippen LogP contribution in [0.3, 0.4) is 0 Å². The average molecular weight is 463 g/mol. The highest BCUT2D eigenvalue weighted by Gasteiger charge is 2.31. The van der Waals surface area contributed by atoms with Gasteiger partial charge in [0.1, 0.15) is 17.5 Å². The second-order valence-electron chi connectivity index (χ2n) is 9.75. The number of nitrogens with one attached hydrogen (secondary N) is 1. The molecule has 34 heavy (non-hydrogen) atoms. The van der Waals surface area contributed by atoms with Crippen molar-refractivity contribution >= 4 is 17.8 Å². The number of primary amides is 1. The average Bonchev–Trinajstić information content (AvgIpc) is 2.81. The zero-order valence-corrected chi connectivity index (χ0v) is 19.9. The van der Waals surface area contributed by atoms with Crippen LogP contribution in [0.25, 0.3) is 11.1 Å². The van der Waals surface area contributed by atoms with Crippen LogP contribution in [0.5, 0.6) is 0 Å². The summed E-state index contributed by atoms with van der Waals surface area (Å²) in [6, 6.07) is 3.75. The van der Waals surface area contributed by atoms with Crippen molar-refractivity contribution < 1.29 is 14.3 Å². The Labute approximate surface area is 199 Å². The molecule has 0 aromatic carbocycles. The molecule has 0 saturated carbocycles. The van der Waals surface area contributed by atoms with Crippen molar-refractivity contribution in [3.05, 3.63) is 40.8 Å². The van der Waals surface area contributed by atoms with E-state index < -0.39 is 17.6 Å². The second-order valence-corrected chi connectivity index (χ2v) is 9.75. The second kappa shape index (κ2) is 9.39. The number of aryl methyl sites for hydroxylation is 1. The summed E-state index contributed by atoms with van der Waals surface area (Å²) in [5.74, 6) is 0.0458. The molecule has 2 aromatic heterocycles. The molecule has 0 bridgehead atoms. The summed E-state index contributed by atoms with van der Waals surface area (Å²) in [6.45, 7) is 7.56. The number of rotatable bonds is 3. The zero-order valence-electron chi connectivity index (χ0n) is 19.9. The maximum absolute atomic E-state index is 13.1. The van der Waals surface area contributed by atoms with Gasteiger partial charge in [0, 0.05) is 35.6 Å². The molecule has 2 amide bonds. The van der Waals surface area contributed by atoms with Crippen LogP contribution < -0.4 is 16.0 Å². The fraction of sp³-hybridized carbons (Fsp3) is 0.480. The highest BCUT2D eigenvalue weighted by Crippen LogP contribution is 2.37. The summed E-state index contributed by atoms with van der Waals surface area (Å²) < 4.78 is 5.62. The monoisotopic (exact) mass is 462 g/mol. The first-order chi connectivity index (χ1) is 16.2. The van der Waals surface area contributed by atoms with Crippen molar-refractivity contribution in [3.8, 4) is 17.2 Å². The topological polar surface area (TPSA) is 134 Å². The molecule has 2 aliphatic rings. The van der Waals surface area contributed by atoms with Gasteiger partial charge in [-0.25, -0.2) is 19.6 Å². The number of fused-ring (bicyclic) bond motifs is 1. The number of hydrogen-bond acceptors (Lipinski definition) is 7. The number of anilines is 1. The quantitative estimate of drug-likeness (QED) is 0.669. The van der Waals surface area contributed by atoms with Crippen LogP contribution in [0.2, 0.25) is 0 Å². The fourth-order valence-electron chi connectivity index (χ4n) is 4.69. The lowest BCUT2D eigenvalue weighted by molar-refractivity contribution is 0.00606. The summed E-state index contributed by atoms with van der Waals surface area (Å²) in [5, 5.41) is 13.6. The third-order valence-corrected chi connectivity index (χ3v) is 6.17. The summed E-state index contributed by atoms with van der Waals surface area (Å²) in [5.41, 5.74) is 8.34. The number of esters is 1. The minimum absolute atomic E-state index is 0.0156. The molecule has 2 aromatic rings. The van der Waals surface area contributed by atoms with Crippen LogP contribution >= 0.6 is 0 Å². The molecule has 9 nitrogen and oxygen atoms in total. The van der Waals surface area contributed by atoms with E-state index in [1.807, 2.05) is 26.8 Å². The van der Waals surface area contributed by atoms with Crippen LogP contribution in [0.1, 0.15) is 73.1 Å². The van der Waals surface area contributed by atoms with E-state index in [2.05, 4.69) is 21.4 Å². The molecule has 3 N–H and O–H groups in total. The predicted octanol–water partition coefficient (Wildman–Crippen LogP) is 3.27. The number of carbonyl (C=O) groups is 2. The molecule has 1 fully saturated rings. The Kier molecular flexibility index (Phi) is 6.53. The molecule has 178 valence electrons. The number of nitriles is 1. The standard InChI is InChI=1S/C25H30N6O3/c1-25(2,3)34-23(32)21-20(15-6-8-28-9-7-15)18(12-26)19(14-29-21)17-11-16-5-4-10-31(24(27)33)22(16)30-13-17/h11,13-15,28H,4-10H2,1-3H3,(H2,27,33). The lowest BCUT2D eigenvalue weighted by Gasteiger charge is -2.28. The van der Waals surface area contributed by atoms with Crippen molar-refractivity contribution in [1.29, 1.82) is 5.26 Å². The number of carbonyl (C=O) groups excluding carboxylic acids is 2. The van der Waals surface area contributed by atoms with Gasteiger partial charge in [-0.3, -0.25) is 4.90 Å². The summed E-state index contributed by atoms with van der Waals surface area (Å²) in [6.07, 6.45) is 6.32. The zero-order chi connectivity index (χ0) is 24.5. The van der Waals surface area contributed by atoms with Gasteiger partial charge in [-0.2, -0.15) is 5.26 Å². The first-order valence-corrected chi connectivity index (χ1v) is 11.6. The Hall–Kier alpha value is -3.51. The molecule has 1 saturated heterocycles. The van der Waals surface area contributed by atoms with Crippen LogP contribution in [-0.4, -0.2) is 47.2 Å². The highest BCUT2D eigenvalue weighted by molar-refractivity contribution is 5.93. The van der Waals surface area contributed by atoms with Gasteiger partial charge in [-0.15, -0.1) is 0 Å². The smallest absolute Gasteiger partial charge is 0.357 e. The first-order valence-electron chi connectivity index (χ1n) is 11.6. The predicted molar refractivity (Wildman–Crippen MR) is 127 cm³/mol. The van der Waals surface area contributed by atoms with E-state index in [4.69, 9.17) is 10.5 Å². The van der Waals surface area contributed by atoms with E-state index in [1.54, 1.807) is 12.4 Å². The Morgan fingerprint density at radius 3 is 2.62 bits per heavy atom. The third-order valence-electron chi connectivity index (χ3n) is 6.17. The minimum Gasteiger partial charge on any atom is -0.455 e. The van der Waals surface area contributed by atoms with Crippen LogP contribution in [-0.2, 0) is 11.2 Å². The van der Waals surface area contributed by atoms with E-state index in [9.17, 15) is 14.9 Å². The highest BCUT2D eigenvalue weighted by atomic mass is 16.6. The summed E-state index contributed by atoms with van der Waals surface area (Å²) >= 11 is 0. The van der Waals surface area contributed by atoms with E-state index >= 15 is 0 Å². The minimum atomic E-state index is -0.676. The summed E-state index contributed by atoms with van der Waals surface area (Å²) in [4.78, 5) is 35.4. The molecule has 0 radical (unpaired) electrons. The maximum Gasteiger partial charge on any atom is 0.357 e. The van der Waals surface area contributed by atoms with Gasteiger partial charge in [0.2, 0.25) is 0 Å². The Morgan fingerprint density at radius 2 is 1.97 bits per heavy atom. The van der Waals surface area contributed by atoms with Gasteiger partial charge in [0.15, 0.2) is 5.69 Å². The number of amides is 2. The van der Waals surface area contributed by atoms with Crippen molar-refractivity contribution in [3.63, 3.8) is 0 Å². The summed E-state index contributed by atoms with van der Waals surface area (Å²) in [7, 11) is 0. The Bertz CT molecular complexity index is 1160. The number of pyridine rings is 2. The van der Waals surface area contributed by atoms with Gasteiger partial charge in [-0.1, -0.05) is 0 Å². The SMILES string of the molecule is CC(C)(C)OC(=O)c1ncc(-c2cnc3c(c2)CCCN3C(N)=O)c(C#N)c1C1CCNCC1. The number of hydrogen-bond donors (Lipinski definition) is 2. The van der Waals surface area contributed by atoms with Crippen molar-refractivity contribution in [1.82, 2.24) is 15.3 Å². The number of nitrogens with zero attached hydrogens (tertiary/aromatic N) is 4. The molecule has 2 aliphatic heterocycles. The normalized spacial score (nSPS) is 16.5. The molecular weight excluding hydrogens is 432 g/mol. The van der Waals surface area contributed by atoms with Crippen molar-refractivity contribution in [2.75, 3.05) is 24.5 Å². The molecule has 4 heterocycles. The molecule has 0 spiro atoms. The fourth-order valence-corrected chi connectivity index (χ4v) is 4.69. The van der Waals surface area contributed by atoms with Crippen molar-refractivity contribution in [2.24, 2.45) is 5.73 Å². The number of aromatic nitrogens is 2. The van der Waals surface area contributed by atoms with Gasteiger partial charge < -0.3 is 15.8 Å². The van der Waals surface area contributed by atoms with E-state index in [1.165, 1.54) is 4.90 Å². The Balaban J connectivity index is 1.84. The third kappa shape index (κ3) is 4.73. The van der Waals surface area contributed by atoms with E-state index in [0.29, 0.717) is 29.1 Å². The number of ether oxygens (including phenoxy) is 1. The van der Waals surface area contributed by atoms with Crippen LogP contribution in [0, 0.1) is 11.3 Å². The number of urea groups is 1. The maximum atomic E-state index is 13.1. The van der Waals surface area contributed by atoms with Crippen LogP contribution in [0.15, 0.2) is 18.5 Å². The molecule has 0 unspecified atom stereocenters. The number of nitrogens with two attached hydrogens (primary N) is 1. The van der Waals surface area contributed by atoms with Gasteiger partial charge >= 0.3 is 12.0 Å². The van der Waals surface area contributed by atoms with E-state index in [0.717, 1.165) is 49.9 Å². The van der Waals surface area contributed by atoms with Crippen LogP contribution in [0.4, 0.5) is 10.6 Å². The largest absolute Gasteiger partial charge is 0.455 e. The molecular formula is C25H30N6O3. The van der Waals surface area contributed by atoms with Gasteiger partial charge in [-0.05, 0) is 77.1 Å². The van der Waals surface area contributed by atoms with E-state index in [-0.39, 0.29) is 11.6 Å². The first kappa shape index (κ1) is 23.6. The number of piperidine rings is 1. The lowest BCUT2D eigenvalue weighted by atomic mass is 9.83. The lowest BCUT2D eigenvalue weighted by Crippen LogP contribution is -2.40. The van der Waals surface area contributed by atoms with Gasteiger partial charge in [0.05, 0.1) is 5.56 Å². The molecule has 4 rings (SSSR count). The molecule has 0 aliphatic carbocycles. The molecule has 0 atom stereocenters. The Morgan fingerprint density at radius 1 is 1.24 bits per heavy atom. The van der Waals surface area contributed by atoms with Gasteiger partial charge in [0.25, 0.3) is 0 Å². The molecule has 9 heteroatoms. The van der Waals surface area contributed by atoms with Crippen molar-refractivity contribution in [2.45, 2.75) is 58.0 Å².